The number of aromatic nitrogens is 1. The molecule has 1 unspecified atom stereocenters. The molecule has 3 nitrogen and oxygen atoms in total. The molecule has 4 rings (SSSR count). The van der Waals surface area contributed by atoms with Crippen molar-refractivity contribution in [1.29, 1.82) is 0 Å². The van der Waals surface area contributed by atoms with E-state index in [1.807, 2.05) is 32.3 Å². The van der Waals surface area contributed by atoms with Crippen molar-refractivity contribution in [3.8, 4) is 11.5 Å². The van der Waals surface area contributed by atoms with E-state index in [2.05, 4.69) is 18.0 Å². The van der Waals surface area contributed by atoms with E-state index in [0.29, 0.717) is 5.75 Å². The maximum Gasteiger partial charge on any atom is 0.127 e. The van der Waals surface area contributed by atoms with Gasteiger partial charge in [-0.25, -0.2) is 0 Å². The molecule has 0 saturated heterocycles. The number of fused-ring (bicyclic) bond motifs is 1. The van der Waals surface area contributed by atoms with Crippen LogP contribution in [0.4, 0.5) is 0 Å². The minimum atomic E-state index is -0.181. The molecule has 1 aliphatic heterocycles. The van der Waals surface area contributed by atoms with Crippen LogP contribution in [0.15, 0.2) is 24.5 Å². The van der Waals surface area contributed by atoms with Crippen LogP contribution in [0.3, 0.4) is 0 Å². The zero-order valence-corrected chi connectivity index (χ0v) is 14.7. The molecule has 126 valence electrons. The molecule has 1 spiro atoms. The first kappa shape index (κ1) is 15.5. The SMILES string of the molecule is Cc1c(C)c2c(c(C)c1O)C(c1cccnc1)C1(CCCCC1)O2. The summed E-state index contributed by atoms with van der Waals surface area (Å²) in [5.41, 5.74) is 5.16. The van der Waals surface area contributed by atoms with Gasteiger partial charge in [0.1, 0.15) is 17.1 Å². The van der Waals surface area contributed by atoms with Crippen molar-refractivity contribution in [2.45, 2.75) is 64.4 Å². The Kier molecular flexibility index (Phi) is 3.56. The molecule has 0 amide bonds. The average Bonchev–Trinajstić information content (AvgIpc) is 2.94. The number of nitrogens with zero attached hydrogens (tertiary/aromatic N) is 1. The van der Waals surface area contributed by atoms with Gasteiger partial charge in [0.25, 0.3) is 0 Å². The Bertz CT molecular complexity index is 776. The van der Waals surface area contributed by atoms with Crippen molar-refractivity contribution in [1.82, 2.24) is 4.98 Å². The van der Waals surface area contributed by atoms with E-state index < -0.39 is 0 Å². The Morgan fingerprint density at radius 3 is 2.50 bits per heavy atom. The predicted molar refractivity (Wildman–Crippen MR) is 94.8 cm³/mol. The summed E-state index contributed by atoms with van der Waals surface area (Å²) < 4.78 is 6.71. The summed E-state index contributed by atoms with van der Waals surface area (Å²) >= 11 is 0. The van der Waals surface area contributed by atoms with E-state index >= 15 is 0 Å². The predicted octanol–water partition coefficient (Wildman–Crippen LogP) is 4.94. The Hall–Kier alpha value is -2.03. The fourth-order valence-electron chi connectivity index (χ4n) is 4.69. The molecule has 1 aliphatic carbocycles. The molecule has 1 N–H and O–H groups in total. The lowest BCUT2D eigenvalue weighted by molar-refractivity contribution is 0.0381. The van der Waals surface area contributed by atoms with E-state index in [1.165, 1.54) is 30.4 Å². The first-order valence-electron chi connectivity index (χ1n) is 8.97. The van der Waals surface area contributed by atoms with Crippen molar-refractivity contribution in [2.24, 2.45) is 0 Å². The van der Waals surface area contributed by atoms with Crippen molar-refractivity contribution in [3.63, 3.8) is 0 Å². The summed E-state index contributed by atoms with van der Waals surface area (Å²) in [5.74, 6) is 1.57. The van der Waals surface area contributed by atoms with Gasteiger partial charge < -0.3 is 9.84 Å². The smallest absolute Gasteiger partial charge is 0.127 e. The lowest BCUT2D eigenvalue weighted by Gasteiger charge is -2.38. The van der Waals surface area contributed by atoms with Gasteiger partial charge in [0.2, 0.25) is 0 Å². The number of benzene rings is 1. The van der Waals surface area contributed by atoms with Crippen LogP contribution < -0.4 is 4.74 Å². The van der Waals surface area contributed by atoms with Crippen molar-refractivity contribution in [2.75, 3.05) is 0 Å². The second-order valence-electron chi connectivity index (χ2n) is 7.41. The summed E-state index contributed by atoms with van der Waals surface area (Å²) in [6, 6.07) is 4.15. The summed E-state index contributed by atoms with van der Waals surface area (Å²) in [4.78, 5) is 4.35. The van der Waals surface area contributed by atoms with Crippen LogP contribution in [0.2, 0.25) is 0 Å². The quantitative estimate of drug-likeness (QED) is 0.808. The topological polar surface area (TPSA) is 42.4 Å². The highest BCUT2D eigenvalue weighted by atomic mass is 16.5. The van der Waals surface area contributed by atoms with Gasteiger partial charge in [0.15, 0.2) is 0 Å². The number of ether oxygens (including phenoxy) is 1. The van der Waals surface area contributed by atoms with Gasteiger partial charge >= 0.3 is 0 Å². The van der Waals surface area contributed by atoms with Crippen molar-refractivity contribution in [3.05, 3.63) is 52.3 Å². The van der Waals surface area contributed by atoms with Gasteiger partial charge in [-0.3, -0.25) is 4.98 Å². The third-order valence-electron chi connectivity index (χ3n) is 6.10. The monoisotopic (exact) mass is 323 g/mol. The highest BCUT2D eigenvalue weighted by Crippen LogP contribution is 2.57. The second kappa shape index (κ2) is 5.51. The lowest BCUT2D eigenvalue weighted by atomic mass is 9.70. The van der Waals surface area contributed by atoms with Gasteiger partial charge in [-0.2, -0.15) is 0 Å². The van der Waals surface area contributed by atoms with Crippen LogP contribution in [-0.4, -0.2) is 15.7 Å². The molecule has 2 aromatic rings. The first-order chi connectivity index (χ1) is 11.6. The van der Waals surface area contributed by atoms with E-state index in [4.69, 9.17) is 4.74 Å². The summed E-state index contributed by atoms with van der Waals surface area (Å²) in [6.07, 6.45) is 9.61. The number of phenols is 1. The molecule has 1 atom stereocenters. The summed E-state index contributed by atoms with van der Waals surface area (Å²) in [6.45, 7) is 6.07. The van der Waals surface area contributed by atoms with E-state index in [9.17, 15) is 5.11 Å². The maximum atomic E-state index is 10.6. The zero-order valence-electron chi connectivity index (χ0n) is 14.7. The van der Waals surface area contributed by atoms with Crippen molar-refractivity contribution >= 4 is 0 Å². The Morgan fingerprint density at radius 2 is 1.83 bits per heavy atom. The second-order valence-corrected chi connectivity index (χ2v) is 7.41. The first-order valence-corrected chi connectivity index (χ1v) is 8.97. The molecule has 1 fully saturated rings. The third-order valence-corrected chi connectivity index (χ3v) is 6.10. The van der Waals surface area contributed by atoms with Crippen LogP contribution in [0.5, 0.6) is 11.5 Å². The van der Waals surface area contributed by atoms with Crippen LogP contribution in [0.1, 0.15) is 65.8 Å². The molecule has 1 aromatic carbocycles. The minimum Gasteiger partial charge on any atom is -0.507 e. The molecular formula is C21H25NO2. The van der Waals surface area contributed by atoms with E-state index in [0.717, 1.165) is 35.3 Å². The maximum absolute atomic E-state index is 10.6. The molecule has 24 heavy (non-hydrogen) atoms. The van der Waals surface area contributed by atoms with Crippen LogP contribution >= 0.6 is 0 Å². The van der Waals surface area contributed by atoms with Gasteiger partial charge in [-0.1, -0.05) is 12.5 Å². The van der Waals surface area contributed by atoms with Gasteiger partial charge in [-0.05, 0) is 74.8 Å². The Labute approximate surface area is 143 Å². The average molecular weight is 323 g/mol. The molecular weight excluding hydrogens is 298 g/mol. The highest BCUT2D eigenvalue weighted by Gasteiger charge is 2.51. The van der Waals surface area contributed by atoms with E-state index in [-0.39, 0.29) is 11.5 Å². The Morgan fingerprint density at radius 1 is 1.08 bits per heavy atom. The molecule has 1 aromatic heterocycles. The fraction of sp³-hybridized carbons (Fsp3) is 0.476. The molecule has 2 heterocycles. The molecule has 0 bridgehead atoms. The molecule has 0 radical (unpaired) electrons. The van der Waals surface area contributed by atoms with Crippen LogP contribution in [0, 0.1) is 20.8 Å². The van der Waals surface area contributed by atoms with Crippen molar-refractivity contribution < 1.29 is 9.84 Å². The summed E-state index contributed by atoms with van der Waals surface area (Å²) in [7, 11) is 0. The molecule has 2 aliphatic rings. The number of hydrogen-bond donors (Lipinski definition) is 1. The van der Waals surface area contributed by atoms with Crippen LogP contribution in [0.25, 0.3) is 0 Å². The van der Waals surface area contributed by atoms with Gasteiger partial charge in [-0.15, -0.1) is 0 Å². The number of pyridine rings is 1. The third kappa shape index (κ3) is 2.07. The largest absolute Gasteiger partial charge is 0.507 e. The zero-order chi connectivity index (χ0) is 16.9. The highest BCUT2D eigenvalue weighted by molar-refractivity contribution is 5.63. The Balaban J connectivity index is 1.98. The van der Waals surface area contributed by atoms with Crippen LogP contribution in [-0.2, 0) is 0 Å². The summed E-state index contributed by atoms with van der Waals surface area (Å²) in [5, 5.41) is 10.6. The van der Waals surface area contributed by atoms with E-state index in [1.54, 1.807) is 0 Å². The minimum absolute atomic E-state index is 0.159. The normalized spacial score (nSPS) is 21.5. The number of rotatable bonds is 1. The standard InChI is InChI=1S/C21H25NO2/c1-13-14(2)20-17(15(3)19(13)23)18(16-8-7-11-22-12-16)21(24-20)9-5-4-6-10-21/h7-8,11-12,18,23H,4-6,9-10H2,1-3H3. The lowest BCUT2D eigenvalue weighted by Crippen LogP contribution is -2.40. The number of aromatic hydroxyl groups is 1. The van der Waals surface area contributed by atoms with Gasteiger partial charge in [0.05, 0.1) is 5.92 Å². The number of phenolic OH excluding ortho intramolecular Hbond substituents is 1. The van der Waals surface area contributed by atoms with Gasteiger partial charge in [0, 0.05) is 18.0 Å². The molecule has 1 saturated carbocycles. The fourth-order valence-corrected chi connectivity index (χ4v) is 4.69. The number of hydrogen-bond acceptors (Lipinski definition) is 3. The molecule has 3 heteroatoms.